The molecule has 110 valence electrons. The number of aromatic nitrogens is 2. The molecule has 0 radical (unpaired) electrons. The number of amides is 1. The first-order valence-corrected chi connectivity index (χ1v) is 6.89. The minimum Gasteiger partial charge on any atom is -0.477 e. The van der Waals surface area contributed by atoms with Crippen molar-refractivity contribution in [1.82, 2.24) is 14.9 Å². The van der Waals surface area contributed by atoms with Gasteiger partial charge in [0.15, 0.2) is 0 Å². The van der Waals surface area contributed by atoms with E-state index >= 15 is 0 Å². The fraction of sp³-hybridized carbons (Fsp3) is 0.643. The van der Waals surface area contributed by atoms with Crippen LogP contribution in [0.4, 0.5) is 0 Å². The zero-order chi connectivity index (χ0) is 14.5. The van der Waals surface area contributed by atoms with Gasteiger partial charge in [-0.1, -0.05) is 13.8 Å². The molecular weight excluding hydrogens is 258 g/mol. The summed E-state index contributed by atoms with van der Waals surface area (Å²) in [5.74, 6) is 1.33. The third kappa shape index (κ3) is 3.59. The predicted molar refractivity (Wildman–Crippen MR) is 73.7 cm³/mol. The van der Waals surface area contributed by atoms with Gasteiger partial charge in [-0.05, 0) is 5.92 Å². The van der Waals surface area contributed by atoms with Crippen molar-refractivity contribution in [3.8, 4) is 11.8 Å². The smallest absolute Gasteiger partial charge is 0.278 e. The van der Waals surface area contributed by atoms with Crippen LogP contribution in [-0.2, 0) is 4.79 Å². The molecule has 0 aromatic carbocycles. The van der Waals surface area contributed by atoms with Gasteiger partial charge < -0.3 is 14.4 Å². The highest BCUT2D eigenvalue weighted by molar-refractivity contribution is 5.76. The quantitative estimate of drug-likeness (QED) is 0.817. The SMILES string of the molecule is COc1nccnc1OC1CCN(C(=O)CC(C)C)C1. The van der Waals surface area contributed by atoms with Crippen LogP contribution in [0.2, 0.25) is 0 Å². The van der Waals surface area contributed by atoms with Gasteiger partial charge in [0, 0.05) is 31.8 Å². The first-order valence-electron chi connectivity index (χ1n) is 6.89. The van der Waals surface area contributed by atoms with Gasteiger partial charge in [0.25, 0.3) is 11.8 Å². The van der Waals surface area contributed by atoms with Crippen LogP contribution < -0.4 is 9.47 Å². The number of carbonyl (C=O) groups is 1. The van der Waals surface area contributed by atoms with Crippen LogP contribution in [-0.4, -0.2) is 47.1 Å². The van der Waals surface area contributed by atoms with Gasteiger partial charge in [-0.25, -0.2) is 9.97 Å². The van der Waals surface area contributed by atoms with Crippen molar-refractivity contribution in [3.05, 3.63) is 12.4 Å². The Hall–Kier alpha value is -1.85. The molecule has 0 saturated carbocycles. The topological polar surface area (TPSA) is 64.6 Å². The molecule has 6 heteroatoms. The summed E-state index contributed by atoms with van der Waals surface area (Å²) >= 11 is 0. The molecule has 1 atom stereocenters. The average Bonchev–Trinajstić information content (AvgIpc) is 2.87. The second kappa shape index (κ2) is 6.54. The molecule has 0 N–H and O–H groups in total. The number of nitrogens with zero attached hydrogens (tertiary/aromatic N) is 3. The molecule has 0 bridgehead atoms. The summed E-state index contributed by atoms with van der Waals surface area (Å²) in [6.45, 7) is 5.43. The second-order valence-corrected chi connectivity index (χ2v) is 5.34. The van der Waals surface area contributed by atoms with Gasteiger partial charge in [-0.15, -0.1) is 0 Å². The highest BCUT2D eigenvalue weighted by atomic mass is 16.5. The molecule has 0 aliphatic carbocycles. The van der Waals surface area contributed by atoms with Crippen molar-refractivity contribution in [2.45, 2.75) is 32.8 Å². The summed E-state index contributed by atoms with van der Waals surface area (Å²) in [6.07, 6.45) is 4.47. The summed E-state index contributed by atoms with van der Waals surface area (Å²) in [6, 6.07) is 0. The first kappa shape index (κ1) is 14.6. The summed E-state index contributed by atoms with van der Waals surface area (Å²) < 4.78 is 10.9. The Morgan fingerprint density at radius 2 is 2.10 bits per heavy atom. The number of ether oxygens (including phenoxy) is 2. The van der Waals surface area contributed by atoms with E-state index in [0.29, 0.717) is 30.6 Å². The molecule has 1 saturated heterocycles. The van der Waals surface area contributed by atoms with Crippen LogP contribution in [0.3, 0.4) is 0 Å². The third-order valence-electron chi connectivity index (χ3n) is 3.19. The first-order chi connectivity index (χ1) is 9.60. The van der Waals surface area contributed by atoms with Gasteiger partial charge in [0.2, 0.25) is 5.91 Å². The number of methoxy groups -OCH3 is 1. The second-order valence-electron chi connectivity index (χ2n) is 5.34. The van der Waals surface area contributed by atoms with Crippen molar-refractivity contribution in [3.63, 3.8) is 0 Å². The molecule has 1 aromatic heterocycles. The lowest BCUT2D eigenvalue weighted by Gasteiger charge is -2.18. The molecule has 20 heavy (non-hydrogen) atoms. The van der Waals surface area contributed by atoms with E-state index in [1.165, 1.54) is 7.11 Å². The van der Waals surface area contributed by atoms with Crippen molar-refractivity contribution in [1.29, 1.82) is 0 Å². The lowest BCUT2D eigenvalue weighted by molar-refractivity contribution is -0.131. The highest BCUT2D eigenvalue weighted by Crippen LogP contribution is 2.24. The van der Waals surface area contributed by atoms with Crippen LogP contribution in [0.1, 0.15) is 26.7 Å². The Morgan fingerprint density at radius 1 is 1.40 bits per heavy atom. The van der Waals surface area contributed by atoms with E-state index in [4.69, 9.17) is 9.47 Å². The van der Waals surface area contributed by atoms with Gasteiger partial charge in [0.05, 0.1) is 13.7 Å². The lowest BCUT2D eigenvalue weighted by Crippen LogP contribution is -2.31. The maximum absolute atomic E-state index is 12.0. The van der Waals surface area contributed by atoms with Gasteiger partial charge in [-0.3, -0.25) is 4.79 Å². The Bertz CT molecular complexity index is 465. The molecule has 1 fully saturated rings. The zero-order valence-corrected chi connectivity index (χ0v) is 12.2. The number of rotatable bonds is 5. The van der Waals surface area contributed by atoms with Gasteiger partial charge in [-0.2, -0.15) is 0 Å². The summed E-state index contributed by atoms with van der Waals surface area (Å²) in [5, 5.41) is 0. The van der Waals surface area contributed by atoms with E-state index in [-0.39, 0.29) is 12.0 Å². The van der Waals surface area contributed by atoms with E-state index in [1.54, 1.807) is 12.4 Å². The van der Waals surface area contributed by atoms with E-state index < -0.39 is 0 Å². The monoisotopic (exact) mass is 279 g/mol. The number of likely N-dealkylation sites (tertiary alicyclic amines) is 1. The Morgan fingerprint density at radius 3 is 2.75 bits per heavy atom. The molecule has 1 aliphatic rings. The van der Waals surface area contributed by atoms with E-state index in [0.717, 1.165) is 13.0 Å². The van der Waals surface area contributed by atoms with Gasteiger partial charge >= 0.3 is 0 Å². The maximum atomic E-state index is 12.0. The minimum atomic E-state index is -0.0447. The van der Waals surface area contributed by atoms with Crippen LogP contribution in [0.15, 0.2) is 12.4 Å². The third-order valence-corrected chi connectivity index (χ3v) is 3.19. The number of hydrogen-bond acceptors (Lipinski definition) is 5. The summed E-state index contributed by atoms with van der Waals surface area (Å²) in [7, 11) is 1.53. The number of carbonyl (C=O) groups excluding carboxylic acids is 1. The van der Waals surface area contributed by atoms with Crippen LogP contribution in [0.5, 0.6) is 11.8 Å². The molecule has 6 nitrogen and oxygen atoms in total. The normalized spacial score (nSPS) is 18.4. The standard InChI is InChI=1S/C14H21N3O3/c1-10(2)8-12(18)17-7-4-11(9-17)20-14-13(19-3)15-5-6-16-14/h5-6,10-11H,4,7-9H2,1-3H3. The van der Waals surface area contributed by atoms with Crippen LogP contribution in [0, 0.1) is 5.92 Å². The lowest BCUT2D eigenvalue weighted by atomic mass is 10.1. The van der Waals surface area contributed by atoms with E-state index in [2.05, 4.69) is 9.97 Å². The molecule has 2 heterocycles. The molecule has 2 rings (SSSR count). The minimum absolute atomic E-state index is 0.0447. The molecule has 1 aromatic rings. The maximum Gasteiger partial charge on any atom is 0.278 e. The molecule has 1 aliphatic heterocycles. The summed E-state index contributed by atoms with van der Waals surface area (Å²) in [4.78, 5) is 22.0. The van der Waals surface area contributed by atoms with Crippen molar-refractivity contribution >= 4 is 5.91 Å². The molecular formula is C14H21N3O3. The average molecular weight is 279 g/mol. The van der Waals surface area contributed by atoms with Gasteiger partial charge in [0.1, 0.15) is 6.10 Å². The fourth-order valence-corrected chi connectivity index (χ4v) is 2.22. The largest absolute Gasteiger partial charge is 0.477 e. The van der Waals surface area contributed by atoms with Crippen molar-refractivity contribution < 1.29 is 14.3 Å². The van der Waals surface area contributed by atoms with E-state index in [9.17, 15) is 4.79 Å². The van der Waals surface area contributed by atoms with E-state index in [1.807, 2.05) is 18.7 Å². The highest BCUT2D eigenvalue weighted by Gasteiger charge is 2.28. The number of hydrogen-bond donors (Lipinski definition) is 0. The van der Waals surface area contributed by atoms with Crippen LogP contribution in [0.25, 0.3) is 0 Å². The summed E-state index contributed by atoms with van der Waals surface area (Å²) in [5.41, 5.74) is 0. The molecule has 1 amide bonds. The molecule has 0 spiro atoms. The van der Waals surface area contributed by atoms with Crippen LogP contribution >= 0.6 is 0 Å². The van der Waals surface area contributed by atoms with Crippen molar-refractivity contribution in [2.75, 3.05) is 20.2 Å². The molecule has 1 unspecified atom stereocenters. The Kier molecular flexibility index (Phi) is 4.76. The Labute approximate surface area is 119 Å². The van der Waals surface area contributed by atoms with Crippen molar-refractivity contribution in [2.24, 2.45) is 5.92 Å². The Balaban J connectivity index is 1.91. The fourth-order valence-electron chi connectivity index (χ4n) is 2.22. The zero-order valence-electron chi connectivity index (χ0n) is 12.2. The predicted octanol–water partition coefficient (Wildman–Crippen LogP) is 1.51.